The van der Waals surface area contributed by atoms with Crippen molar-refractivity contribution in [3.8, 4) is 51.0 Å². The summed E-state index contributed by atoms with van der Waals surface area (Å²) >= 11 is 0. The van der Waals surface area contributed by atoms with Gasteiger partial charge in [0.1, 0.15) is 0 Å². The molecule has 1 aliphatic rings. The summed E-state index contributed by atoms with van der Waals surface area (Å²) in [5.41, 5.74) is 16.5. The number of hydrogen-bond acceptors (Lipinski definition) is 2. The van der Waals surface area contributed by atoms with Crippen LogP contribution in [-0.2, 0) is 0 Å². The Hall–Kier alpha value is -8.54. The molecule has 0 amide bonds. The van der Waals surface area contributed by atoms with E-state index in [1.165, 1.54) is 81.0 Å². The van der Waals surface area contributed by atoms with Gasteiger partial charge in [-0.15, -0.1) is 0 Å². The lowest BCUT2D eigenvalue weighted by Gasteiger charge is -2.22. The van der Waals surface area contributed by atoms with Gasteiger partial charge in [-0.2, -0.15) is 0 Å². The average molecular weight is 886 g/mol. The highest BCUT2D eigenvalue weighted by molar-refractivity contribution is 6.11. The summed E-state index contributed by atoms with van der Waals surface area (Å²) < 4.78 is 7.25. The molecular weight excluding hydrogens is 839 g/mol. The van der Waals surface area contributed by atoms with Gasteiger partial charge in [0.25, 0.3) is 0 Å². The van der Waals surface area contributed by atoms with Crippen LogP contribution in [0.2, 0.25) is 0 Å². The first-order valence-corrected chi connectivity index (χ1v) is 24.4. The Morgan fingerprint density at radius 2 is 0.739 bits per heavy atom. The maximum Gasteiger partial charge on any atom is 0.160 e. The minimum absolute atomic E-state index is 0.652. The van der Waals surface area contributed by atoms with E-state index in [-0.39, 0.29) is 0 Å². The second-order valence-corrected chi connectivity index (χ2v) is 18.8. The van der Waals surface area contributed by atoms with Crippen molar-refractivity contribution in [3.05, 3.63) is 224 Å². The van der Waals surface area contributed by atoms with Gasteiger partial charge in [0, 0.05) is 66.1 Å². The van der Waals surface area contributed by atoms with Crippen LogP contribution >= 0.6 is 0 Å². The van der Waals surface area contributed by atoms with Crippen molar-refractivity contribution in [1.29, 1.82) is 0 Å². The van der Waals surface area contributed by atoms with Gasteiger partial charge in [0.2, 0.25) is 0 Å². The lowest BCUT2D eigenvalue weighted by atomic mass is 9.84. The Bertz CT molecular complexity index is 3870. The summed E-state index contributed by atoms with van der Waals surface area (Å²) in [7, 11) is 0. The van der Waals surface area contributed by atoms with Gasteiger partial charge in [0.05, 0.1) is 44.5 Å². The maximum atomic E-state index is 5.43. The highest BCUT2D eigenvalue weighted by atomic mass is 15.0. The average Bonchev–Trinajstić information content (AvgIpc) is 4.07. The molecule has 0 unspecified atom stereocenters. The second kappa shape index (κ2) is 16.1. The molecule has 9 aromatic carbocycles. The Morgan fingerprint density at radius 3 is 1.26 bits per heavy atom. The summed E-state index contributed by atoms with van der Waals surface area (Å²) in [4.78, 5) is 10.8. The predicted molar refractivity (Wildman–Crippen MR) is 287 cm³/mol. The van der Waals surface area contributed by atoms with E-state index in [0.29, 0.717) is 11.7 Å². The minimum atomic E-state index is 0.652. The lowest BCUT2D eigenvalue weighted by molar-refractivity contribution is 0.444. The number of para-hydroxylation sites is 5. The van der Waals surface area contributed by atoms with Gasteiger partial charge in [-0.3, -0.25) is 0 Å². The van der Waals surface area contributed by atoms with E-state index in [9.17, 15) is 0 Å². The van der Waals surface area contributed by atoms with Crippen molar-refractivity contribution >= 4 is 65.4 Å². The van der Waals surface area contributed by atoms with Gasteiger partial charge in [0.15, 0.2) is 5.82 Å². The zero-order chi connectivity index (χ0) is 45.4. The van der Waals surface area contributed by atoms with Gasteiger partial charge in [-0.1, -0.05) is 159 Å². The molecule has 5 nitrogen and oxygen atoms in total. The first-order chi connectivity index (χ1) is 34.2. The first kappa shape index (κ1) is 39.6. The van der Waals surface area contributed by atoms with Gasteiger partial charge in [-0.05, 0) is 103 Å². The van der Waals surface area contributed by atoms with E-state index in [1.54, 1.807) is 0 Å². The summed E-state index contributed by atoms with van der Waals surface area (Å²) in [6, 6.07) is 79.5. The Morgan fingerprint density at radius 1 is 0.304 bits per heavy atom. The number of rotatable bonds is 7. The minimum Gasteiger partial charge on any atom is -0.309 e. The van der Waals surface area contributed by atoms with Crippen LogP contribution in [0.5, 0.6) is 0 Å². The topological polar surface area (TPSA) is 40.6 Å². The molecule has 0 N–H and O–H groups in total. The van der Waals surface area contributed by atoms with Gasteiger partial charge >= 0.3 is 0 Å². The number of benzene rings is 9. The molecule has 0 radical (unpaired) electrons. The standard InChI is InChI=1S/C64H47N5/c1-3-17-42(18-4-1)45-33-36-63-55(39-45)54-25-11-16-30-62(54)67(63)47-34-31-43(32-35-47)56-41-57(66-64(65-56)44-19-5-2-6-20-44)46-37-48(68-58-26-12-7-21-50(58)51-22-8-13-27-59(51)68)40-49(38-46)69-60-28-14-9-23-52(60)53-24-10-15-29-61(53)69/h2,5-16,19-42H,1,3-4,17-18H2. The zero-order valence-electron chi connectivity index (χ0n) is 38.1. The number of fused-ring (bicyclic) bond motifs is 9. The smallest absolute Gasteiger partial charge is 0.160 e. The number of hydrogen-bond donors (Lipinski definition) is 0. The van der Waals surface area contributed by atoms with Crippen molar-refractivity contribution in [2.24, 2.45) is 0 Å². The molecule has 328 valence electrons. The third-order valence-corrected chi connectivity index (χ3v) is 14.8. The van der Waals surface area contributed by atoms with Crippen LogP contribution in [0.3, 0.4) is 0 Å². The molecule has 5 heteroatoms. The molecular formula is C64H47N5. The Labute approximate surface area is 400 Å². The third kappa shape index (κ3) is 6.52. The van der Waals surface area contributed by atoms with Crippen LogP contribution < -0.4 is 0 Å². The normalized spacial score (nSPS) is 13.4. The first-order valence-electron chi connectivity index (χ1n) is 24.4. The van der Waals surface area contributed by atoms with Crippen molar-refractivity contribution in [1.82, 2.24) is 23.7 Å². The summed E-state index contributed by atoms with van der Waals surface area (Å²) in [5.74, 6) is 1.34. The monoisotopic (exact) mass is 885 g/mol. The summed E-state index contributed by atoms with van der Waals surface area (Å²) in [6.45, 7) is 0. The molecule has 69 heavy (non-hydrogen) atoms. The highest BCUT2D eigenvalue weighted by Gasteiger charge is 2.21. The largest absolute Gasteiger partial charge is 0.309 e. The number of aromatic nitrogens is 5. The molecule has 4 aromatic heterocycles. The fraction of sp³-hybridized carbons (Fsp3) is 0.0938. The van der Waals surface area contributed by atoms with Crippen LogP contribution in [0, 0.1) is 0 Å². The van der Waals surface area contributed by atoms with E-state index in [1.807, 2.05) is 6.07 Å². The van der Waals surface area contributed by atoms with E-state index in [2.05, 4.69) is 226 Å². The van der Waals surface area contributed by atoms with Crippen molar-refractivity contribution in [3.63, 3.8) is 0 Å². The van der Waals surface area contributed by atoms with Crippen LogP contribution in [0.25, 0.3) is 116 Å². The quantitative estimate of drug-likeness (QED) is 0.160. The maximum absolute atomic E-state index is 5.43. The third-order valence-electron chi connectivity index (χ3n) is 14.8. The van der Waals surface area contributed by atoms with Crippen LogP contribution in [-0.4, -0.2) is 23.7 Å². The SMILES string of the molecule is c1ccc(-c2nc(-c3ccc(-n4c5ccccc5c5cc(C6CCCCC6)ccc54)cc3)cc(-c3cc(-n4c5ccccc5c5ccccc54)cc(-n4c5ccccc5c5ccccc54)c3)n2)cc1. The molecule has 14 rings (SSSR count). The zero-order valence-corrected chi connectivity index (χ0v) is 38.1. The van der Waals surface area contributed by atoms with Crippen LogP contribution in [0.1, 0.15) is 43.6 Å². The fourth-order valence-corrected chi connectivity index (χ4v) is 11.6. The molecule has 1 saturated carbocycles. The predicted octanol–water partition coefficient (Wildman–Crippen LogP) is 16.8. The van der Waals surface area contributed by atoms with Gasteiger partial charge < -0.3 is 13.7 Å². The lowest BCUT2D eigenvalue weighted by Crippen LogP contribution is -2.04. The Kier molecular flexibility index (Phi) is 9.22. The van der Waals surface area contributed by atoms with Gasteiger partial charge in [-0.25, -0.2) is 9.97 Å². The van der Waals surface area contributed by atoms with Crippen LogP contribution in [0.4, 0.5) is 0 Å². The molecule has 0 spiro atoms. The van der Waals surface area contributed by atoms with Crippen molar-refractivity contribution < 1.29 is 0 Å². The Balaban J connectivity index is 0.961. The highest BCUT2D eigenvalue weighted by Crippen LogP contribution is 2.41. The molecule has 1 aliphatic carbocycles. The summed E-state index contributed by atoms with van der Waals surface area (Å²) in [5, 5.41) is 7.52. The van der Waals surface area contributed by atoms with Crippen molar-refractivity contribution in [2.75, 3.05) is 0 Å². The summed E-state index contributed by atoms with van der Waals surface area (Å²) in [6.07, 6.45) is 6.60. The molecule has 13 aromatic rings. The molecule has 4 heterocycles. The van der Waals surface area contributed by atoms with Crippen LogP contribution in [0.15, 0.2) is 218 Å². The second-order valence-electron chi connectivity index (χ2n) is 18.8. The molecule has 0 aliphatic heterocycles. The van der Waals surface area contributed by atoms with E-state index in [4.69, 9.17) is 9.97 Å². The fourth-order valence-electron chi connectivity index (χ4n) is 11.6. The number of nitrogens with zero attached hydrogens (tertiary/aromatic N) is 5. The molecule has 0 bridgehead atoms. The molecule has 1 fully saturated rings. The van der Waals surface area contributed by atoms with E-state index < -0.39 is 0 Å². The van der Waals surface area contributed by atoms with E-state index in [0.717, 1.165) is 67.2 Å². The molecule has 0 atom stereocenters. The molecule has 0 saturated heterocycles. The van der Waals surface area contributed by atoms with Crippen molar-refractivity contribution in [2.45, 2.75) is 38.0 Å². The van der Waals surface area contributed by atoms with E-state index >= 15 is 0 Å².